The van der Waals surface area contributed by atoms with Gasteiger partial charge in [0.1, 0.15) is 0 Å². The van der Waals surface area contributed by atoms with Crippen molar-refractivity contribution in [2.75, 3.05) is 18.0 Å². The third-order valence-corrected chi connectivity index (χ3v) is 5.05. The Morgan fingerprint density at radius 3 is 2.30 bits per heavy atom. The van der Waals surface area contributed by atoms with Crippen LogP contribution in [0.1, 0.15) is 34.6 Å². The molecule has 1 aliphatic rings. The summed E-state index contributed by atoms with van der Waals surface area (Å²) in [6, 6.07) is 10.1. The zero-order valence-electron chi connectivity index (χ0n) is 13.3. The van der Waals surface area contributed by atoms with Gasteiger partial charge in [0.25, 0.3) is 0 Å². The molecule has 0 aromatic heterocycles. The zero-order chi connectivity index (χ0) is 14.9. The third kappa shape index (κ3) is 3.67. The predicted molar refractivity (Wildman–Crippen MR) is 96.4 cm³/mol. The Bertz CT molecular complexity index is 433. The van der Waals surface area contributed by atoms with E-state index in [-0.39, 0.29) is 0 Å². The molecule has 0 bridgehead atoms. The average molecular weight is 386 g/mol. The first-order chi connectivity index (χ1) is 9.29. The van der Waals surface area contributed by atoms with Crippen molar-refractivity contribution in [3.05, 3.63) is 27.8 Å². The van der Waals surface area contributed by atoms with Crippen molar-refractivity contribution in [1.82, 2.24) is 5.32 Å². The Morgan fingerprint density at radius 1 is 1.20 bits per heavy atom. The molecule has 0 spiro atoms. The second-order valence-electron chi connectivity index (χ2n) is 7.27. The fraction of sp³-hybridized carbons (Fsp3) is 0.647. The second kappa shape index (κ2) is 6.22. The molecule has 1 fully saturated rings. The molecule has 1 saturated heterocycles. The maximum Gasteiger partial charge on any atom is 0.0438 e. The number of hydrogen-bond acceptors (Lipinski definition) is 2. The summed E-state index contributed by atoms with van der Waals surface area (Å²) in [6.45, 7) is 13.8. The van der Waals surface area contributed by atoms with Gasteiger partial charge in [-0.05, 0) is 58.2 Å². The highest BCUT2D eigenvalue weighted by atomic mass is 127. The minimum Gasteiger partial charge on any atom is -0.365 e. The molecule has 1 N–H and O–H groups in total. The van der Waals surface area contributed by atoms with E-state index in [1.54, 1.807) is 0 Å². The van der Waals surface area contributed by atoms with Crippen LogP contribution in [0.25, 0.3) is 0 Å². The van der Waals surface area contributed by atoms with Crippen LogP contribution in [0, 0.1) is 14.9 Å². The monoisotopic (exact) mass is 386 g/mol. The Hall–Kier alpha value is -0.290. The van der Waals surface area contributed by atoms with Crippen LogP contribution in [0.2, 0.25) is 0 Å². The molecule has 0 saturated carbocycles. The van der Waals surface area contributed by atoms with E-state index in [0.717, 1.165) is 13.1 Å². The molecule has 2 atom stereocenters. The summed E-state index contributed by atoms with van der Waals surface area (Å²) in [5.41, 5.74) is 1.66. The molecular formula is C17H27IN2. The van der Waals surface area contributed by atoms with Crippen LogP contribution in [0.5, 0.6) is 0 Å². The zero-order valence-corrected chi connectivity index (χ0v) is 15.4. The van der Waals surface area contributed by atoms with E-state index in [2.05, 4.69) is 91.7 Å². The topological polar surface area (TPSA) is 15.3 Å². The second-order valence-corrected chi connectivity index (χ2v) is 8.51. The summed E-state index contributed by atoms with van der Waals surface area (Å²) < 4.78 is 1.30. The first-order valence-corrected chi connectivity index (χ1v) is 8.62. The number of halogens is 1. The van der Waals surface area contributed by atoms with Gasteiger partial charge >= 0.3 is 0 Å². The molecular weight excluding hydrogens is 359 g/mol. The number of hydrogen-bond donors (Lipinski definition) is 1. The van der Waals surface area contributed by atoms with Crippen molar-refractivity contribution in [3.8, 4) is 0 Å². The minimum absolute atomic E-state index is 0.295. The summed E-state index contributed by atoms with van der Waals surface area (Å²) in [5.74, 6) is 0.655. The molecule has 1 aromatic rings. The van der Waals surface area contributed by atoms with Crippen molar-refractivity contribution < 1.29 is 0 Å². The van der Waals surface area contributed by atoms with Crippen molar-refractivity contribution in [2.45, 2.75) is 46.7 Å². The van der Waals surface area contributed by atoms with Gasteiger partial charge in [-0.2, -0.15) is 0 Å². The average Bonchev–Trinajstić information content (AvgIpc) is 2.37. The van der Waals surface area contributed by atoms with E-state index in [1.807, 2.05) is 0 Å². The summed E-state index contributed by atoms with van der Waals surface area (Å²) in [4.78, 5) is 2.60. The van der Waals surface area contributed by atoms with Gasteiger partial charge in [-0.25, -0.2) is 0 Å². The highest BCUT2D eigenvalue weighted by Crippen LogP contribution is 2.29. The molecule has 0 radical (unpaired) electrons. The lowest BCUT2D eigenvalue weighted by atomic mass is 9.83. The summed E-state index contributed by atoms with van der Waals surface area (Å²) >= 11 is 2.37. The van der Waals surface area contributed by atoms with Gasteiger partial charge < -0.3 is 10.2 Å². The molecule has 0 aliphatic carbocycles. The fourth-order valence-electron chi connectivity index (χ4n) is 2.87. The summed E-state index contributed by atoms with van der Waals surface area (Å²) in [6.07, 6.45) is 0. The molecule has 20 heavy (non-hydrogen) atoms. The third-order valence-electron chi connectivity index (χ3n) is 4.33. The highest BCUT2D eigenvalue weighted by molar-refractivity contribution is 14.1. The van der Waals surface area contributed by atoms with E-state index >= 15 is 0 Å². The number of nitrogens with one attached hydrogen (secondary N) is 1. The van der Waals surface area contributed by atoms with Crippen LogP contribution in [0.3, 0.4) is 0 Å². The van der Waals surface area contributed by atoms with Gasteiger partial charge in [0.15, 0.2) is 0 Å². The number of rotatable bonds is 2. The number of nitrogens with zero attached hydrogens (tertiary/aromatic N) is 1. The molecule has 2 unspecified atom stereocenters. The molecule has 2 rings (SSSR count). The molecule has 1 heterocycles. The summed E-state index contributed by atoms with van der Waals surface area (Å²) in [5, 5.41) is 3.76. The van der Waals surface area contributed by atoms with Gasteiger partial charge in [-0.15, -0.1) is 0 Å². The first kappa shape index (κ1) is 16.1. The Labute approximate surface area is 137 Å². The largest absolute Gasteiger partial charge is 0.365 e. The van der Waals surface area contributed by atoms with Gasteiger partial charge in [0, 0.05) is 34.4 Å². The van der Waals surface area contributed by atoms with Crippen LogP contribution in [-0.4, -0.2) is 25.2 Å². The van der Waals surface area contributed by atoms with Crippen LogP contribution in [0.4, 0.5) is 5.69 Å². The molecule has 0 amide bonds. The number of benzene rings is 1. The van der Waals surface area contributed by atoms with E-state index in [9.17, 15) is 0 Å². The van der Waals surface area contributed by atoms with Crippen molar-refractivity contribution in [2.24, 2.45) is 11.3 Å². The standard InChI is InChI=1S/C17H27IN2/c1-12(2)15-10-19-16(17(3,4)5)11-20(15)14-8-6-13(18)7-9-14/h6-9,12,15-16,19H,10-11H2,1-5H3. The Kier molecular flexibility index (Phi) is 5.00. The maximum absolute atomic E-state index is 3.76. The van der Waals surface area contributed by atoms with Gasteiger partial charge in [0.2, 0.25) is 0 Å². The summed E-state index contributed by atoms with van der Waals surface area (Å²) in [7, 11) is 0. The lowest BCUT2D eigenvalue weighted by Gasteiger charge is -2.47. The SMILES string of the molecule is CC(C)C1CNC(C(C)(C)C)CN1c1ccc(I)cc1. The van der Waals surface area contributed by atoms with Crippen molar-refractivity contribution >= 4 is 28.3 Å². The quantitative estimate of drug-likeness (QED) is 0.769. The van der Waals surface area contributed by atoms with Crippen LogP contribution in [0.15, 0.2) is 24.3 Å². The van der Waals surface area contributed by atoms with Crippen LogP contribution < -0.4 is 10.2 Å². The van der Waals surface area contributed by atoms with Crippen molar-refractivity contribution in [3.63, 3.8) is 0 Å². The highest BCUT2D eigenvalue weighted by Gasteiger charge is 2.35. The Morgan fingerprint density at radius 2 is 1.80 bits per heavy atom. The molecule has 1 aliphatic heterocycles. The van der Waals surface area contributed by atoms with Crippen LogP contribution >= 0.6 is 22.6 Å². The van der Waals surface area contributed by atoms with E-state index in [1.165, 1.54) is 9.26 Å². The van der Waals surface area contributed by atoms with E-state index in [0.29, 0.717) is 23.4 Å². The minimum atomic E-state index is 0.295. The van der Waals surface area contributed by atoms with Gasteiger partial charge in [0.05, 0.1) is 0 Å². The lowest BCUT2D eigenvalue weighted by molar-refractivity contribution is 0.221. The van der Waals surface area contributed by atoms with Gasteiger partial charge in [-0.1, -0.05) is 34.6 Å². The lowest BCUT2D eigenvalue weighted by Crippen LogP contribution is -2.62. The van der Waals surface area contributed by atoms with Gasteiger partial charge in [-0.3, -0.25) is 0 Å². The first-order valence-electron chi connectivity index (χ1n) is 7.54. The predicted octanol–water partition coefficient (Wildman–Crippen LogP) is 4.14. The fourth-order valence-corrected chi connectivity index (χ4v) is 3.23. The van der Waals surface area contributed by atoms with Crippen molar-refractivity contribution in [1.29, 1.82) is 0 Å². The molecule has 1 aromatic carbocycles. The Balaban J connectivity index is 2.25. The van der Waals surface area contributed by atoms with E-state index < -0.39 is 0 Å². The smallest absolute Gasteiger partial charge is 0.0438 e. The molecule has 3 heteroatoms. The van der Waals surface area contributed by atoms with Crippen LogP contribution in [-0.2, 0) is 0 Å². The normalized spacial score (nSPS) is 24.2. The molecule has 2 nitrogen and oxygen atoms in total. The number of anilines is 1. The number of piperazine rings is 1. The maximum atomic E-state index is 3.76. The molecule has 112 valence electrons. The van der Waals surface area contributed by atoms with E-state index in [4.69, 9.17) is 0 Å².